The number of ether oxygens (including phenoxy) is 1. The van der Waals surface area contributed by atoms with E-state index in [4.69, 9.17) is 4.74 Å². The van der Waals surface area contributed by atoms with Crippen LogP contribution in [0.5, 0.6) is 0 Å². The predicted octanol–water partition coefficient (Wildman–Crippen LogP) is 1.11. The third-order valence-corrected chi connectivity index (χ3v) is 3.33. The van der Waals surface area contributed by atoms with Gasteiger partial charge < -0.3 is 15.0 Å². The maximum atomic E-state index is 12.0. The third kappa shape index (κ3) is 6.27. The third-order valence-electron chi connectivity index (χ3n) is 3.33. The summed E-state index contributed by atoms with van der Waals surface area (Å²) >= 11 is 0. The fourth-order valence-electron chi connectivity index (χ4n) is 2.11. The second kappa shape index (κ2) is 10.3. The quantitative estimate of drug-likeness (QED) is 0.620. The lowest BCUT2D eigenvalue weighted by atomic mass is 10.4. The molecule has 1 rings (SSSR count). The number of nitrogens with zero attached hydrogens (tertiary/aromatic N) is 3. The topological polar surface area (TPSA) is 59.4 Å². The molecule has 0 aliphatic carbocycles. The molecule has 0 unspecified atom stereocenters. The van der Waals surface area contributed by atoms with E-state index < -0.39 is 0 Å². The van der Waals surface area contributed by atoms with Crippen molar-refractivity contribution in [2.24, 2.45) is 0 Å². The Hall–Kier alpha value is -1.40. The molecule has 0 aromatic carbocycles. The Kier molecular flexibility index (Phi) is 8.69. The minimum Gasteiger partial charge on any atom is -0.382 e. The fraction of sp³-hybridized carbons (Fsp3) is 0.733. The second-order valence-corrected chi connectivity index (χ2v) is 4.75. The Morgan fingerprint density at radius 2 is 2.05 bits per heavy atom. The van der Waals surface area contributed by atoms with E-state index in [-0.39, 0.29) is 5.56 Å². The van der Waals surface area contributed by atoms with Crippen LogP contribution in [-0.4, -0.2) is 49.2 Å². The summed E-state index contributed by atoms with van der Waals surface area (Å²) in [6.07, 6.45) is 2.75. The lowest BCUT2D eigenvalue weighted by Gasteiger charge is -2.20. The SMILES string of the molecule is CCOCCCNCCn1ncc(N(CC)CC)cc1=O. The van der Waals surface area contributed by atoms with Crippen LogP contribution in [0.15, 0.2) is 17.1 Å². The lowest BCUT2D eigenvalue weighted by Crippen LogP contribution is -2.31. The molecule has 0 spiro atoms. The summed E-state index contributed by atoms with van der Waals surface area (Å²) in [6.45, 7) is 11.7. The fourth-order valence-corrected chi connectivity index (χ4v) is 2.11. The zero-order chi connectivity index (χ0) is 15.5. The zero-order valence-electron chi connectivity index (χ0n) is 13.5. The van der Waals surface area contributed by atoms with Gasteiger partial charge in [0.25, 0.3) is 5.56 Å². The van der Waals surface area contributed by atoms with Crippen molar-refractivity contribution < 1.29 is 4.74 Å². The molecule has 1 aromatic rings. The van der Waals surface area contributed by atoms with Crippen molar-refractivity contribution in [3.8, 4) is 0 Å². The van der Waals surface area contributed by atoms with Crippen LogP contribution in [0.1, 0.15) is 27.2 Å². The van der Waals surface area contributed by atoms with Crippen molar-refractivity contribution in [3.05, 3.63) is 22.6 Å². The molecule has 0 saturated carbocycles. The van der Waals surface area contributed by atoms with Crippen LogP contribution in [0.3, 0.4) is 0 Å². The van der Waals surface area contributed by atoms with Crippen LogP contribution in [0, 0.1) is 0 Å². The average molecular weight is 296 g/mol. The van der Waals surface area contributed by atoms with E-state index in [2.05, 4.69) is 29.2 Å². The van der Waals surface area contributed by atoms with Crippen LogP contribution >= 0.6 is 0 Å². The Balaban J connectivity index is 2.38. The molecule has 0 radical (unpaired) electrons. The number of hydrogen-bond acceptors (Lipinski definition) is 5. The first-order valence-electron chi connectivity index (χ1n) is 7.83. The van der Waals surface area contributed by atoms with Gasteiger partial charge in [0.05, 0.1) is 18.4 Å². The minimum atomic E-state index is -0.0458. The Morgan fingerprint density at radius 1 is 1.29 bits per heavy atom. The van der Waals surface area contributed by atoms with Crippen LogP contribution < -0.4 is 15.8 Å². The first kappa shape index (κ1) is 17.7. The van der Waals surface area contributed by atoms with Crippen LogP contribution in [0.4, 0.5) is 5.69 Å². The first-order valence-corrected chi connectivity index (χ1v) is 7.83. The number of hydrogen-bond donors (Lipinski definition) is 1. The Bertz CT molecular complexity index is 444. The number of aromatic nitrogens is 2. The molecule has 0 fully saturated rings. The molecule has 1 heterocycles. The normalized spacial score (nSPS) is 10.8. The lowest BCUT2D eigenvalue weighted by molar-refractivity contribution is 0.144. The van der Waals surface area contributed by atoms with E-state index in [0.717, 1.165) is 51.5 Å². The van der Waals surface area contributed by atoms with E-state index in [1.54, 1.807) is 12.3 Å². The van der Waals surface area contributed by atoms with E-state index >= 15 is 0 Å². The van der Waals surface area contributed by atoms with Gasteiger partial charge in [0.1, 0.15) is 0 Å². The molecule has 0 atom stereocenters. The van der Waals surface area contributed by atoms with Gasteiger partial charge in [-0.1, -0.05) is 0 Å². The molecule has 0 bridgehead atoms. The summed E-state index contributed by atoms with van der Waals surface area (Å²) in [4.78, 5) is 14.1. The highest BCUT2D eigenvalue weighted by molar-refractivity contribution is 5.42. The molecular weight excluding hydrogens is 268 g/mol. The summed E-state index contributed by atoms with van der Waals surface area (Å²) in [5.74, 6) is 0. The highest BCUT2D eigenvalue weighted by Gasteiger charge is 2.05. The van der Waals surface area contributed by atoms with E-state index in [1.807, 2.05) is 6.92 Å². The van der Waals surface area contributed by atoms with Gasteiger partial charge in [-0.25, -0.2) is 4.68 Å². The smallest absolute Gasteiger partial charge is 0.268 e. The van der Waals surface area contributed by atoms with Crippen molar-refractivity contribution in [1.82, 2.24) is 15.1 Å². The molecular formula is C15H28N4O2. The van der Waals surface area contributed by atoms with Crippen molar-refractivity contribution in [3.63, 3.8) is 0 Å². The molecule has 6 heteroatoms. The van der Waals surface area contributed by atoms with Gasteiger partial charge in [-0.2, -0.15) is 5.10 Å². The van der Waals surface area contributed by atoms with Crippen molar-refractivity contribution in [2.75, 3.05) is 44.3 Å². The number of rotatable bonds is 11. The number of nitrogens with one attached hydrogen (secondary N) is 1. The molecule has 120 valence electrons. The minimum absolute atomic E-state index is 0.0458. The van der Waals surface area contributed by atoms with Gasteiger partial charge in [0, 0.05) is 38.9 Å². The summed E-state index contributed by atoms with van der Waals surface area (Å²) in [7, 11) is 0. The molecule has 0 aliphatic rings. The van der Waals surface area contributed by atoms with Gasteiger partial charge >= 0.3 is 0 Å². The van der Waals surface area contributed by atoms with E-state index in [1.165, 1.54) is 4.68 Å². The molecule has 1 N–H and O–H groups in total. The predicted molar refractivity (Wildman–Crippen MR) is 86.0 cm³/mol. The summed E-state index contributed by atoms with van der Waals surface area (Å²) < 4.78 is 6.76. The molecule has 21 heavy (non-hydrogen) atoms. The summed E-state index contributed by atoms with van der Waals surface area (Å²) in [6, 6.07) is 1.66. The van der Waals surface area contributed by atoms with E-state index in [0.29, 0.717) is 6.54 Å². The summed E-state index contributed by atoms with van der Waals surface area (Å²) in [5, 5.41) is 7.53. The highest BCUT2D eigenvalue weighted by atomic mass is 16.5. The highest BCUT2D eigenvalue weighted by Crippen LogP contribution is 2.07. The maximum Gasteiger partial charge on any atom is 0.268 e. The van der Waals surface area contributed by atoms with Gasteiger partial charge in [0.15, 0.2) is 0 Å². The van der Waals surface area contributed by atoms with Gasteiger partial charge in [0.2, 0.25) is 0 Å². The van der Waals surface area contributed by atoms with Crippen LogP contribution in [0.2, 0.25) is 0 Å². The van der Waals surface area contributed by atoms with Crippen LogP contribution in [0.25, 0.3) is 0 Å². The Labute approximate surface area is 127 Å². The van der Waals surface area contributed by atoms with Crippen molar-refractivity contribution in [2.45, 2.75) is 33.7 Å². The largest absolute Gasteiger partial charge is 0.382 e. The second-order valence-electron chi connectivity index (χ2n) is 4.75. The molecule has 0 saturated heterocycles. The first-order chi connectivity index (χ1) is 10.2. The monoisotopic (exact) mass is 296 g/mol. The molecule has 0 aliphatic heterocycles. The molecule has 1 aromatic heterocycles. The molecule has 6 nitrogen and oxygen atoms in total. The van der Waals surface area contributed by atoms with E-state index in [9.17, 15) is 4.79 Å². The summed E-state index contributed by atoms with van der Waals surface area (Å²) in [5.41, 5.74) is 0.849. The average Bonchev–Trinajstić information content (AvgIpc) is 2.49. The van der Waals surface area contributed by atoms with Gasteiger partial charge in [-0.15, -0.1) is 0 Å². The van der Waals surface area contributed by atoms with Crippen LogP contribution in [-0.2, 0) is 11.3 Å². The zero-order valence-corrected chi connectivity index (χ0v) is 13.5. The van der Waals surface area contributed by atoms with Gasteiger partial charge in [-0.05, 0) is 33.7 Å². The maximum absolute atomic E-state index is 12.0. The van der Waals surface area contributed by atoms with Gasteiger partial charge in [-0.3, -0.25) is 4.79 Å². The molecule has 0 amide bonds. The Morgan fingerprint density at radius 3 is 2.67 bits per heavy atom. The number of anilines is 1. The van der Waals surface area contributed by atoms with Crippen molar-refractivity contribution in [1.29, 1.82) is 0 Å². The van der Waals surface area contributed by atoms with Crippen molar-refractivity contribution >= 4 is 5.69 Å². The standard InChI is InChI=1S/C15H28N4O2/c1-4-18(5-2)14-12-15(20)19(17-13-14)10-9-16-8-7-11-21-6-3/h12-13,16H,4-11H2,1-3H3.